The summed E-state index contributed by atoms with van der Waals surface area (Å²) in [6.07, 6.45) is 0. The summed E-state index contributed by atoms with van der Waals surface area (Å²) in [6.45, 7) is 4.61. The number of rotatable bonds is 8. The van der Waals surface area contributed by atoms with E-state index in [1.54, 1.807) is 25.3 Å². The number of imide groups is 1. The quantitative estimate of drug-likeness (QED) is 0.508. The summed E-state index contributed by atoms with van der Waals surface area (Å²) >= 11 is 0. The average molecular weight is 443 g/mol. The van der Waals surface area contributed by atoms with Gasteiger partial charge in [-0.3, -0.25) is 14.5 Å². The van der Waals surface area contributed by atoms with E-state index >= 15 is 0 Å². The van der Waals surface area contributed by atoms with Crippen molar-refractivity contribution in [1.82, 2.24) is 4.90 Å². The first-order valence-electron chi connectivity index (χ1n) is 10.8. The maximum Gasteiger partial charge on any atom is 0.278 e. The Bertz CT molecular complexity index is 1210. The molecule has 0 atom stereocenters. The minimum absolute atomic E-state index is 0.181. The largest absolute Gasteiger partial charge is 0.496 e. The van der Waals surface area contributed by atoms with Gasteiger partial charge in [-0.25, -0.2) is 0 Å². The fraction of sp³-hybridized carbons (Fsp3) is 0.185. The number of methoxy groups -OCH3 is 1. The molecule has 4 rings (SSSR count). The van der Waals surface area contributed by atoms with Crippen molar-refractivity contribution in [3.8, 4) is 11.5 Å². The standard InChI is InChI=1S/C27H26N2O4/c1-4-33-21-9-7-8-20(16-21)28-25-24(22-10-5-6-11-23(22)32-3)26(30)29(27(25)31)17-19-14-12-18(2)13-15-19/h5-16,28H,4,17H2,1-3H3. The number of nitrogens with zero attached hydrogens (tertiary/aromatic N) is 1. The Morgan fingerprint density at radius 3 is 2.39 bits per heavy atom. The molecule has 0 spiro atoms. The van der Waals surface area contributed by atoms with Gasteiger partial charge < -0.3 is 14.8 Å². The summed E-state index contributed by atoms with van der Waals surface area (Å²) in [5.41, 5.74) is 3.70. The van der Waals surface area contributed by atoms with Crippen LogP contribution in [-0.2, 0) is 16.1 Å². The Labute approximate surface area is 193 Å². The summed E-state index contributed by atoms with van der Waals surface area (Å²) in [5, 5.41) is 3.18. The van der Waals surface area contributed by atoms with Crippen LogP contribution in [0.3, 0.4) is 0 Å². The van der Waals surface area contributed by atoms with E-state index in [4.69, 9.17) is 9.47 Å². The maximum absolute atomic E-state index is 13.6. The van der Waals surface area contributed by atoms with Gasteiger partial charge in [0.1, 0.15) is 17.2 Å². The summed E-state index contributed by atoms with van der Waals surface area (Å²) in [5.74, 6) is 0.445. The second-order valence-corrected chi connectivity index (χ2v) is 7.72. The van der Waals surface area contributed by atoms with Crippen LogP contribution < -0.4 is 14.8 Å². The van der Waals surface area contributed by atoms with Crippen molar-refractivity contribution in [3.05, 3.63) is 95.2 Å². The highest BCUT2D eigenvalue weighted by atomic mass is 16.5. The first-order chi connectivity index (χ1) is 16.0. The fourth-order valence-electron chi connectivity index (χ4n) is 3.79. The van der Waals surface area contributed by atoms with Gasteiger partial charge in [-0.05, 0) is 37.6 Å². The van der Waals surface area contributed by atoms with Crippen LogP contribution in [0.2, 0.25) is 0 Å². The van der Waals surface area contributed by atoms with Gasteiger partial charge in [-0.2, -0.15) is 0 Å². The molecule has 0 saturated heterocycles. The van der Waals surface area contributed by atoms with Crippen LogP contribution >= 0.6 is 0 Å². The average Bonchev–Trinajstić information content (AvgIpc) is 3.05. The van der Waals surface area contributed by atoms with Gasteiger partial charge in [-0.1, -0.05) is 54.1 Å². The van der Waals surface area contributed by atoms with Gasteiger partial charge >= 0.3 is 0 Å². The van der Waals surface area contributed by atoms with Crippen molar-refractivity contribution in [1.29, 1.82) is 0 Å². The van der Waals surface area contributed by atoms with Crippen molar-refractivity contribution in [2.75, 3.05) is 19.0 Å². The van der Waals surface area contributed by atoms with E-state index in [9.17, 15) is 9.59 Å². The predicted molar refractivity (Wildman–Crippen MR) is 128 cm³/mol. The van der Waals surface area contributed by atoms with Crippen molar-refractivity contribution in [3.63, 3.8) is 0 Å². The van der Waals surface area contributed by atoms with Gasteiger partial charge in [0.2, 0.25) is 0 Å². The molecule has 1 N–H and O–H groups in total. The summed E-state index contributed by atoms with van der Waals surface area (Å²) < 4.78 is 11.1. The summed E-state index contributed by atoms with van der Waals surface area (Å²) in [7, 11) is 1.55. The van der Waals surface area contributed by atoms with E-state index in [2.05, 4.69) is 5.32 Å². The maximum atomic E-state index is 13.6. The number of para-hydroxylation sites is 1. The van der Waals surface area contributed by atoms with Crippen LogP contribution in [0, 0.1) is 6.92 Å². The van der Waals surface area contributed by atoms with Crippen molar-refractivity contribution < 1.29 is 19.1 Å². The molecule has 0 fully saturated rings. The highest BCUT2D eigenvalue weighted by molar-refractivity contribution is 6.36. The third-order valence-electron chi connectivity index (χ3n) is 5.42. The summed E-state index contributed by atoms with van der Waals surface area (Å²) in [4.78, 5) is 28.3. The number of ether oxygens (including phenoxy) is 2. The van der Waals surface area contributed by atoms with E-state index in [-0.39, 0.29) is 29.6 Å². The zero-order chi connectivity index (χ0) is 23.4. The number of carbonyl (C=O) groups is 2. The minimum atomic E-state index is -0.386. The molecule has 1 aliphatic rings. The van der Waals surface area contributed by atoms with Crippen LogP contribution in [0.25, 0.3) is 5.57 Å². The van der Waals surface area contributed by atoms with Crippen LogP contribution in [0.5, 0.6) is 11.5 Å². The van der Waals surface area contributed by atoms with Crippen LogP contribution in [0.15, 0.2) is 78.5 Å². The molecule has 1 aliphatic heterocycles. The first kappa shape index (κ1) is 22.1. The molecular formula is C27H26N2O4. The van der Waals surface area contributed by atoms with Crippen LogP contribution in [0.4, 0.5) is 5.69 Å². The van der Waals surface area contributed by atoms with Crippen LogP contribution in [-0.4, -0.2) is 30.4 Å². The molecule has 1 heterocycles. The van der Waals surface area contributed by atoms with Crippen LogP contribution in [0.1, 0.15) is 23.6 Å². The molecule has 33 heavy (non-hydrogen) atoms. The molecule has 0 aromatic heterocycles. The van der Waals surface area contributed by atoms with Gasteiger partial charge in [0.15, 0.2) is 0 Å². The SMILES string of the molecule is CCOc1cccc(NC2=C(c3ccccc3OC)C(=O)N(Cc3ccc(C)cc3)C2=O)c1. The molecule has 0 bridgehead atoms. The second kappa shape index (κ2) is 9.61. The molecule has 3 aromatic rings. The lowest BCUT2D eigenvalue weighted by atomic mass is 10.0. The van der Waals surface area contributed by atoms with E-state index in [1.807, 2.05) is 68.4 Å². The van der Waals surface area contributed by atoms with E-state index in [0.29, 0.717) is 29.4 Å². The van der Waals surface area contributed by atoms with Crippen molar-refractivity contribution >= 4 is 23.1 Å². The van der Waals surface area contributed by atoms with Gasteiger partial charge in [0, 0.05) is 17.3 Å². The lowest BCUT2D eigenvalue weighted by Gasteiger charge is -2.16. The van der Waals surface area contributed by atoms with E-state index < -0.39 is 0 Å². The number of aryl methyl sites for hydroxylation is 1. The molecular weight excluding hydrogens is 416 g/mol. The minimum Gasteiger partial charge on any atom is -0.496 e. The molecule has 0 aliphatic carbocycles. The normalized spacial score (nSPS) is 13.5. The lowest BCUT2D eigenvalue weighted by molar-refractivity contribution is -0.137. The molecule has 6 heteroatoms. The Morgan fingerprint density at radius 2 is 1.67 bits per heavy atom. The van der Waals surface area contributed by atoms with Crippen molar-refractivity contribution in [2.45, 2.75) is 20.4 Å². The molecule has 0 unspecified atom stereocenters. The monoisotopic (exact) mass is 442 g/mol. The first-order valence-corrected chi connectivity index (χ1v) is 10.8. The number of benzene rings is 3. The Morgan fingerprint density at radius 1 is 0.909 bits per heavy atom. The van der Waals surface area contributed by atoms with Gasteiger partial charge in [-0.15, -0.1) is 0 Å². The third-order valence-corrected chi connectivity index (χ3v) is 5.42. The molecule has 2 amide bonds. The number of carbonyl (C=O) groups excluding carboxylic acids is 2. The number of nitrogens with one attached hydrogen (secondary N) is 1. The highest BCUT2D eigenvalue weighted by Gasteiger charge is 2.40. The highest BCUT2D eigenvalue weighted by Crippen LogP contribution is 2.36. The zero-order valence-corrected chi connectivity index (χ0v) is 18.9. The molecule has 0 saturated carbocycles. The third kappa shape index (κ3) is 4.60. The van der Waals surface area contributed by atoms with E-state index in [1.165, 1.54) is 4.90 Å². The second-order valence-electron chi connectivity index (χ2n) is 7.72. The predicted octanol–water partition coefficient (Wildman–Crippen LogP) is 4.79. The molecule has 3 aromatic carbocycles. The number of hydrogen-bond donors (Lipinski definition) is 1. The molecule has 0 radical (unpaired) electrons. The number of amides is 2. The number of anilines is 1. The molecule has 6 nitrogen and oxygen atoms in total. The van der Waals surface area contributed by atoms with Gasteiger partial charge in [0.25, 0.3) is 11.8 Å². The zero-order valence-electron chi connectivity index (χ0n) is 18.9. The molecule has 168 valence electrons. The van der Waals surface area contributed by atoms with Gasteiger partial charge in [0.05, 0.1) is 25.8 Å². The van der Waals surface area contributed by atoms with E-state index in [0.717, 1.165) is 11.1 Å². The topological polar surface area (TPSA) is 67.9 Å². The Kier molecular flexibility index (Phi) is 6.45. The smallest absolute Gasteiger partial charge is 0.278 e. The summed E-state index contributed by atoms with van der Waals surface area (Å²) in [6, 6.07) is 22.3. The lowest BCUT2D eigenvalue weighted by Crippen LogP contribution is -2.32. The fourth-order valence-corrected chi connectivity index (χ4v) is 3.79. The van der Waals surface area contributed by atoms with Crippen molar-refractivity contribution in [2.24, 2.45) is 0 Å². The Balaban J connectivity index is 1.75. The number of hydrogen-bond acceptors (Lipinski definition) is 5. The Hall–Kier alpha value is -4.06.